The first-order valence-electron chi connectivity index (χ1n) is 8.91. The van der Waals surface area contributed by atoms with Crippen LogP contribution in [0.5, 0.6) is 0 Å². The van der Waals surface area contributed by atoms with E-state index in [0.29, 0.717) is 29.7 Å². The second-order valence-electron chi connectivity index (χ2n) is 7.73. The maximum Gasteiger partial charge on any atom is 0.222 e. The maximum absolute atomic E-state index is 12.6. The second kappa shape index (κ2) is 9.45. The molecule has 1 amide bonds. The molecule has 1 aliphatic rings. The van der Waals surface area contributed by atoms with Crippen LogP contribution in [-0.4, -0.2) is 29.9 Å². The standard InChI is InChI=1S/C18H36N2O/c1-14(2)9-11-20(12-10-15(3)4)18(21)13-16-5-7-17(19)8-6-16/h14-17H,5-13,19H2,1-4H3. The van der Waals surface area contributed by atoms with E-state index in [-0.39, 0.29) is 0 Å². The number of hydrogen-bond donors (Lipinski definition) is 1. The predicted molar refractivity (Wildman–Crippen MR) is 90.0 cm³/mol. The molecule has 0 aliphatic heterocycles. The summed E-state index contributed by atoms with van der Waals surface area (Å²) in [5.74, 6) is 2.26. The number of carbonyl (C=O) groups excluding carboxylic acids is 1. The highest BCUT2D eigenvalue weighted by atomic mass is 16.2. The Morgan fingerprint density at radius 2 is 1.48 bits per heavy atom. The van der Waals surface area contributed by atoms with E-state index in [1.807, 2.05) is 0 Å². The van der Waals surface area contributed by atoms with Gasteiger partial charge in [0.25, 0.3) is 0 Å². The van der Waals surface area contributed by atoms with E-state index < -0.39 is 0 Å². The number of hydrogen-bond acceptors (Lipinski definition) is 2. The lowest BCUT2D eigenvalue weighted by atomic mass is 9.84. The van der Waals surface area contributed by atoms with Gasteiger partial charge in [-0.05, 0) is 56.3 Å². The molecule has 0 aromatic rings. The van der Waals surface area contributed by atoms with Gasteiger partial charge in [-0.2, -0.15) is 0 Å². The summed E-state index contributed by atoms with van der Waals surface area (Å²) in [4.78, 5) is 14.7. The van der Waals surface area contributed by atoms with Gasteiger partial charge >= 0.3 is 0 Å². The minimum absolute atomic E-state index is 0.370. The first-order valence-corrected chi connectivity index (χ1v) is 8.91. The summed E-state index contributed by atoms with van der Waals surface area (Å²) in [7, 11) is 0. The minimum atomic E-state index is 0.370. The Kier molecular flexibility index (Phi) is 8.31. The number of amides is 1. The van der Waals surface area contributed by atoms with Crippen LogP contribution in [0.15, 0.2) is 0 Å². The number of carbonyl (C=O) groups is 1. The van der Waals surface area contributed by atoms with Crippen LogP contribution in [0.25, 0.3) is 0 Å². The van der Waals surface area contributed by atoms with E-state index in [0.717, 1.165) is 58.0 Å². The molecule has 0 atom stereocenters. The van der Waals surface area contributed by atoms with Gasteiger partial charge in [-0.25, -0.2) is 0 Å². The topological polar surface area (TPSA) is 46.3 Å². The highest BCUT2D eigenvalue weighted by Crippen LogP contribution is 2.26. The van der Waals surface area contributed by atoms with Crippen LogP contribution < -0.4 is 5.73 Å². The molecule has 124 valence electrons. The molecule has 1 rings (SSSR count). The van der Waals surface area contributed by atoms with E-state index in [1.165, 1.54) is 0 Å². The van der Waals surface area contributed by atoms with E-state index in [4.69, 9.17) is 5.73 Å². The smallest absolute Gasteiger partial charge is 0.222 e. The Morgan fingerprint density at radius 1 is 1.00 bits per heavy atom. The van der Waals surface area contributed by atoms with Crippen molar-refractivity contribution in [3.63, 3.8) is 0 Å². The van der Waals surface area contributed by atoms with Crippen LogP contribution in [0, 0.1) is 17.8 Å². The molecule has 0 spiro atoms. The molecule has 1 fully saturated rings. The normalized spacial score (nSPS) is 22.8. The minimum Gasteiger partial charge on any atom is -0.343 e. The Hall–Kier alpha value is -0.570. The summed E-state index contributed by atoms with van der Waals surface area (Å²) in [5.41, 5.74) is 5.95. The molecule has 0 aromatic heterocycles. The first kappa shape index (κ1) is 18.5. The zero-order valence-corrected chi connectivity index (χ0v) is 14.6. The molecule has 3 heteroatoms. The quantitative estimate of drug-likeness (QED) is 0.740. The van der Waals surface area contributed by atoms with Crippen LogP contribution in [-0.2, 0) is 4.79 Å². The summed E-state index contributed by atoms with van der Waals surface area (Å²) in [6.45, 7) is 10.8. The Bertz CT molecular complexity index is 282. The van der Waals surface area contributed by atoms with Crippen LogP contribution in [0.3, 0.4) is 0 Å². The van der Waals surface area contributed by atoms with Crippen molar-refractivity contribution < 1.29 is 4.79 Å². The van der Waals surface area contributed by atoms with Crippen molar-refractivity contribution in [3.8, 4) is 0 Å². The zero-order valence-electron chi connectivity index (χ0n) is 14.6. The molecule has 2 N–H and O–H groups in total. The third-order valence-corrected chi connectivity index (χ3v) is 4.66. The second-order valence-corrected chi connectivity index (χ2v) is 7.73. The van der Waals surface area contributed by atoms with Gasteiger partial charge in [0.2, 0.25) is 5.91 Å². The summed E-state index contributed by atoms with van der Waals surface area (Å²) in [5, 5.41) is 0. The molecule has 1 aliphatic carbocycles. The van der Waals surface area contributed by atoms with Crippen LogP contribution in [0.2, 0.25) is 0 Å². The molecular weight excluding hydrogens is 260 g/mol. The van der Waals surface area contributed by atoms with Crippen LogP contribution >= 0.6 is 0 Å². The highest BCUT2D eigenvalue weighted by Gasteiger charge is 2.23. The number of nitrogens with two attached hydrogens (primary N) is 1. The molecule has 0 heterocycles. The van der Waals surface area contributed by atoms with Gasteiger partial charge in [-0.3, -0.25) is 4.79 Å². The first-order chi connectivity index (χ1) is 9.88. The average molecular weight is 296 g/mol. The van der Waals surface area contributed by atoms with Crippen molar-refractivity contribution in [1.29, 1.82) is 0 Å². The van der Waals surface area contributed by atoms with Crippen molar-refractivity contribution in [2.24, 2.45) is 23.5 Å². The molecule has 0 bridgehead atoms. The zero-order chi connectivity index (χ0) is 15.8. The van der Waals surface area contributed by atoms with Crippen molar-refractivity contribution in [1.82, 2.24) is 4.90 Å². The fourth-order valence-electron chi connectivity index (χ4n) is 2.96. The summed E-state index contributed by atoms with van der Waals surface area (Å²) in [6.07, 6.45) is 7.41. The third-order valence-electron chi connectivity index (χ3n) is 4.66. The van der Waals surface area contributed by atoms with Crippen LogP contribution in [0.1, 0.15) is 72.6 Å². The van der Waals surface area contributed by atoms with Crippen molar-refractivity contribution in [3.05, 3.63) is 0 Å². The summed E-state index contributed by atoms with van der Waals surface area (Å²) >= 11 is 0. The largest absolute Gasteiger partial charge is 0.343 e. The van der Waals surface area contributed by atoms with Gasteiger partial charge in [0.05, 0.1) is 0 Å². The Labute approximate surface area is 131 Å². The van der Waals surface area contributed by atoms with Crippen molar-refractivity contribution in [2.75, 3.05) is 13.1 Å². The Balaban J connectivity index is 2.44. The lowest BCUT2D eigenvalue weighted by Gasteiger charge is -2.29. The predicted octanol–water partition coefficient (Wildman–Crippen LogP) is 3.81. The number of rotatable bonds is 8. The van der Waals surface area contributed by atoms with E-state index in [9.17, 15) is 4.79 Å². The lowest BCUT2D eigenvalue weighted by molar-refractivity contribution is -0.132. The van der Waals surface area contributed by atoms with Gasteiger partial charge in [0.15, 0.2) is 0 Å². The molecule has 3 nitrogen and oxygen atoms in total. The fourth-order valence-corrected chi connectivity index (χ4v) is 2.96. The van der Waals surface area contributed by atoms with Crippen molar-refractivity contribution >= 4 is 5.91 Å². The molecule has 0 saturated heterocycles. The molecule has 0 radical (unpaired) electrons. The average Bonchev–Trinajstić information content (AvgIpc) is 2.40. The number of nitrogens with zero attached hydrogens (tertiary/aromatic N) is 1. The maximum atomic E-state index is 12.6. The van der Waals surface area contributed by atoms with Gasteiger partial charge in [-0.15, -0.1) is 0 Å². The van der Waals surface area contributed by atoms with E-state index >= 15 is 0 Å². The Morgan fingerprint density at radius 3 is 1.90 bits per heavy atom. The van der Waals surface area contributed by atoms with Gasteiger partial charge in [0, 0.05) is 25.6 Å². The summed E-state index contributed by atoms with van der Waals surface area (Å²) < 4.78 is 0. The molecule has 0 unspecified atom stereocenters. The summed E-state index contributed by atoms with van der Waals surface area (Å²) in [6, 6.07) is 0.370. The third kappa shape index (κ3) is 7.85. The van der Waals surface area contributed by atoms with Gasteiger partial charge in [-0.1, -0.05) is 27.7 Å². The van der Waals surface area contributed by atoms with E-state index in [2.05, 4.69) is 32.6 Å². The van der Waals surface area contributed by atoms with Gasteiger partial charge in [0.1, 0.15) is 0 Å². The van der Waals surface area contributed by atoms with E-state index in [1.54, 1.807) is 0 Å². The van der Waals surface area contributed by atoms with Gasteiger partial charge < -0.3 is 10.6 Å². The van der Waals surface area contributed by atoms with Crippen molar-refractivity contribution in [2.45, 2.75) is 78.7 Å². The SMILES string of the molecule is CC(C)CCN(CCC(C)C)C(=O)CC1CCC(N)CC1. The molecular formula is C18H36N2O. The lowest BCUT2D eigenvalue weighted by Crippen LogP contribution is -2.36. The highest BCUT2D eigenvalue weighted by molar-refractivity contribution is 5.76. The molecule has 1 saturated carbocycles. The monoisotopic (exact) mass is 296 g/mol. The molecule has 0 aromatic carbocycles. The molecule has 21 heavy (non-hydrogen) atoms. The fraction of sp³-hybridized carbons (Fsp3) is 0.944. The van der Waals surface area contributed by atoms with Crippen LogP contribution in [0.4, 0.5) is 0 Å².